The maximum absolute atomic E-state index is 12.2. The van der Waals surface area contributed by atoms with Gasteiger partial charge in [0.25, 0.3) is 0 Å². The van der Waals surface area contributed by atoms with Crippen molar-refractivity contribution in [3.05, 3.63) is 35.7 Å². The molecule has 2 heterocycles. The molecule has 2 rings (SSSR count). The third-order valence-electron chi connectivity index (χ3n) is 3.21. The van der Waals surface area contributed by atoms with Crippen LogP contribution in [0.4, 0.5) is 4.79 Å². The van der Waals surface area contributed by atoms with Gasteiger partial charge in [-0.2, -0.15) is 0 Å². The summed E-state index contributed by atoms with van der Waals surface area (Å²) in [4.78, 5) is 18.2. The molecule has 2 N–H and O–H groups in total. The standard InChI is InChI=1S/C16H23N3O2/c1-11-14(6-5-7-18-11)12-8-13(17)10-19(9-12)15(20)21-16(2,3)4/h5-8,13H,9-10,17H2,1-4H3. The second kappa shape index (κ2) is 5.85. The summed E-state index contributed by atoms with van der Waals surface area (Å²) in [7, 11) is 0. The van der Waals surface area contributed by atoms with E-state index in [1.807, 2.05) is 45.9 Å². The largest absolute Gasteiger partial charge is 0.444 e. The highest BCUT2D eigenvalue weighted by atomic mass is 16.6. The summed E-state index contributed by atoms with van der Waals surface area (Å²) in [6, 6.07) is 3.70. The highest BCUT2D eigenvalue weighted by Crippen LogP contribution is 2.23. The van der Waals surface area contributed by atoms with Gasteiger partial charge in [0.1, 0.15) is 5.60 Å². The van der Waals surface area contributed by atoms with E-state index in [-0.39, 0.29) is 12.1 Å². The summed E-state index contributed by atoms with van der Waals surface area (Å²) in [5.41, 5.74) is 8.53. The van der Waals surface area contributed by atoms with Crippen molar-refractivity contribution >= 4 is 11.7 Å². The van der Waals surface area contributed by atoms with Gasteiger partial charge in [0.15, 0.2) is 0 Å². The topological polar surface area (TPSA) is 68.5 Å². The number of aryl methyl sites for hydroxylation is 1. The molecular weight excluding hydrogens is 266 g/mol. The number of amides is 1. The molecule has 0 saturated carbocycles. The smallest absolute Gasteiger partial charge is 0.410 e. The first-order valence-electron chi connectivity index (χ1n) is 7.12. The van der Waals surface area contributed by atoms with Crippen LogP contribution in [0, 0.1) is 6.92 Å². The van der Waals surface area contributed by atoms with Crippen LogP contribution in [0.5, 0.6) is 0 Å². The van der Waals surface area contributed by atoms with Crippen molar-refractivity contribution < 1.29 is 9.53 Å². The maximum atomic E-state index is 12.2. The van der Waals surface area contributed by atoms with Crippen LogP contribution in [-0.4, -0.2) is 40.7 Å². The molecular formula is C16H23N3O2. The Balaban J connectivity index is 2.19. The number of aromatic nitrogens is 1. The molecule has 5 heteroatoms. The average molecular weight is 289 g/mol. The predicted molar refractivity (Wildman–Crippen MR) is 82.7 cm³/mol. The van der Waals surface area contributed by atoms with E-state index in [0.717, 1.165) is 16.8 Å². The lowest BCUT2D eigenvalue weighted by atomic mass is 9.98. The van der Waals surface area contributed by atoms with Crippen molar-refractivity contribution in [2.75, 3.05) is 13.1 Å². The number of hydrogen-bond acceptors (Lipinski definition) is 4. The fraction of sp³-hybridized carbons (Fsp3) is 0.500. The van der Waals surface area contributed by atoms with Crippen LogP contribution in [0.15, 0.2) is 24.4 Å². The van der Waals surface area contributed by atoms with Crippen LogP contribution >= 0.6 is 0 Å². The van der Waals surface area contributed by atoms with Gasteiger partial charge < -0.3 is 15.4 Å². The number of rotatable bonds is 1. The Kier molecular flexibility index (Phi) is 4.32. The molecule has 0 aliphatic carbocycles. The molecule has 21 heavy (non-hydrogen) atoms. The summed E-state index contributed by atoms with van der Waals surface area (Å²) >= 11 is 0. The van der Waals surface area contributed by atoms with Gasteiger partial charge in [0.2, 0.25) is 0 Å². The van der Waals surface area contributed by atoms with Gasteiger partial charge in [0.05, 0.1) is 0 Å². The van der Waals surface area contributed by atoms with Gasteiger partial charge in [-0.3, -0.25) is 4.98 Å². The Morgan fingerprint density at radius 3 is 2.81 bits per heavy atom. The van der Waals surface area contributed by atoms with Crippen molar-refractivity contribution in [1.82, 2.24) is 9.88 Å². The molecule has 0 aromatic carbocycles. The van der Waals surface area contributed by atoms with Crippen LogP contribution < -0.4 is 5.73 Å². The molecule has 1 aromatic heterocycles. The fourth-order valence-corrected chi connectivity index (χ4v) is 2.35. The Labute approximate surface area is 125 Å². The Morgan fingerprint density at radius 1 is 1.48 bits per heavy atom. The van der Waals surface area contributed by atoms with E-state index in [1.54, 1.807) is 11.1 Å². The molecule has 0 radical (unpaired) electrons. The van der Waals surface area contributed by atoms with Crippen LogP contribution in [0.2, 0.25) is 0 Å². The number of carbonyl (C=O) groups is 1. The zero-order valence-corrected chi connectivity index (χ0v) is 13.1. The molecule has 114 valence electrons. The summed E-state index contributed by atoms with van der Waals surface area (Å²) in [6.45, 7) is 8.49. The fourth-order valence-electron chi connectivity index (χ4n) is 2.35. The van der Waals surface area contributed by atoms with Gasteiger partial charge in [-0.05, 0) is 39.3 Å². The van der Waals surface area contributed by atoms with Crippen LogP contribution in [0.3, 0.4) is 0 Å². The van der Waals surface area contributed by atoms with Crippen molar-refractivity contribution in [3.8, 4) is 0 Å². The Bertz CT molecular complexity index is 561. The van der Waals surface area contributed by atoms with Gasteiger partial charge in [0, 0.05) is 36.6 Å². The Hall–Kier alpha value is -1.88. The lowest BCUT2D eigenvalue weighted by molar-refractivity contribution is 0.0265. The monoisotopic (exact) mass is 289 g/mol. The van der Waals surface area contributed by atoms with Gasteiger partial charge >= 0.3 is 6.09 Å². The predicted octanol–water partition coefficient (Wildman–Crippen LogP) is 2.35. The minimum absolute atomic E-state index is 0.194. The third-order valence-corrected chi connectivity index (χ3v) is 3.21. The minimum atomic E-state index is -0.507. The van der Waals surface area contributed by atoms with Crippen molar-refractivity contribution in [1.29, 1.82) is 0 Å². The van der Waals surface area contributed by atoms with Crippen LogP contribution in [0.25, 0.3) is 5.57 Å². The quantitative estimate of drug-likeness (QED) is 0.861. The normalized spacial score (nSPS) is 19.2. The van der Waals surface area contributed by atoms with Crippen molar-refractivity contribution in [2.45, 2.75) is 39.3 Å². The lowest BCUT2D eigenvalue weighted by Gasteiger charge is -2.32. The molecule has 5 nitrogen and oxygen atoms in total. The molecule has 1 unspecified atom stereocenters. The first-order chi connectivity index (χ1) is 9.76. The van der Waals surface area contributed by atoms with Gasteiger partial charge in [-0.25, -0.2) is 4.79 Å². The third kappa shape index (κ3) is 4.04. The number of ether oxygens (including phenoxy) is 1. The molecule has 1 atom stereocenters. The van der Waals surface area contributed by atoms with Gasteiger partial charge in [-0.1, -0.05) is 12.1 Å². The number of hydrogen-bond donors (Lipinski definition) is 1. The number of pyridine rings is 1. The zero-order chi connectivity index (χ0) is 15.6. The van der Waals surface area contributed by atoms with E-state index in [4.69, 9.17) is 10.5 Å². The molecule has 1 aliphatic rings. The molecule has 1 aliphatic heterocycles. The average Bonchev–Trinajstić information content (AvgIpc) is 2.36. The number of nitrogens with zero attached hydrogens (tertiary/aromatic N) is 2. The zero-order valence-electron chi connectivity index (χ0n) is 13.1. The first-order valence-corrected chi connectivity index (χ1v) is 7.12. The van der Waals surface area contributed by atoms with Crippen LogP contribution in [0.1, 0.15) is 32.0 Å². The van der Waals surface area contributed by atoms with E-state index in [0.29, 0.717) is 13.1 Å². The lowest BCUT2D eigenvalue weighted by Crippen LogP contribution is -2.46. The Morgan fingerprint density at radius 2 is 2.19 bits per heavy atom. The summed E-state index contributed by atoms with van der Waals surface area (Å²) < 4.78 is 5.43. The van der Waals surface area contributed by atoms with Crippen molar-refractivity contribution in [2.24, 2.45) is 5.73 Å². The first kappa shape index (κ1) is 15.5. The number of nitrogens with two attached hydrogens (primary N) is 1. The molecule has 0 spiro atoms. The minimum Gasteiger partial charge on any atom is -0.444 e. The van der Waals surface area contributed by atoms with E-state index in [2.05, 4.69) is 4.98 Å². The van der Waals surface area contributed by atoms with E-state index < -0.39 is 5.60 Å². The summed E-state index contributed by atoms with van der Waals surface area (Å²) in [5, 5.41) is 0. The summed E-state index contributed by atoms with van der Waals surface area (Å²) in [5.74, 6) is 0. The highest BCUT2D eigenvalue weighted by molar-refractivity contribution is 5.76. The van der Waals surface area contributed by atoms with Gasteiger partial charge in [-0.15, -0.1) is 0 Å². The molecule has 0 bridgehead atoms. The van der Waals surface area contributed by atoms with E-state index >= 15 is 0 Å². The van der Waals surface area contributed by atoms with E-state index in [1.165, 1.54) is 0 Å². The molecule has 0 saturated heterocycles. The highest BCUT2D eigenvalue weighted by Gasteiger charge is 2.27. The van der Waals surface area contributed by atoms with Crippen LogP contribution in [-0.2, 0) is 4.74 Å². The molecule has 0 fully saturated rings. The second-order valence-corrected chi connectivity index (χ2v) is 6.35. The van der Waals surface area contributed by atoms with Crippen molar-refractivity contribution in [3.63, 3.8) is 0 Å². The van der Waals surface area contributed by atoms with E-state index in [9.17, 15) is 4.79 Å². The molecule has 1 amide bonds. The number of carbonyl (C=O) groups excluding carboxylic acids is 1. The maximum Gasteiger partial charge on any atom is 0.410 e. The SMILES string of the molecule is Cc1ncccc1C1=CC(N)CN(C(=O)OC(C)(C)C)C1. The molecule has 1 aromatic rings. The summed E-state index contributed by atoms with van der Waals surface area (Å²) in [6.07, 6.45) is 3.43. The second-order valence-electron chi connectivity index (χ2n) is 6.35.